The minimum Gasteiger partial charge on any atom is -0.369 e. The number of imidazole rings is 1. The lowest BCUT2D eigenvalue weighted by Crippen LogP contribution is -2.20. The highest BCUT2D eigenvalue weighted by atomic mass is 127. The Morgan fingerprint density at radius 2 is 2.11 bits per heavy atom. The quantitative estimate of drug-likeness (QED) is 0.679. The summed E-state index contributed by atoms with van der Waals surface area (Å²) in [7, 11) is 0. The SMILES string of the molecule is INc1ccc(N2CCC(n3ccnc3)C2)cc1. The van der Waals surface area contributed by atoms with Gasteiger partial charge in [0, 0.05) is 36.9 Å². The van der Waals surface area contributed by atoms with Crippen LogP contribution in [0.25, 0.3) is 0 Å². The maximum absolute atomic E-state index is 4.12. The minimum absolute atomic E-state index is 0.551. The summed E-state index contributed by atoms with van der Waals surface area (Å²) in [5, 5.41) is 0. The molecule has 0 bridgehead atoms. The second-order valence-electron chi connectivity index (χ2n) is 4.54. The number of benzene rings is 1. The second kappa shape index (κ2) is 5.17. The van der Waals surface area contributed by atoms with Crippen LogP contribution in [-0.4, -0.2) is 22.6 Å². The Morgan fingerprint density at radius 1 is 1.28 bits per heavy atom. The van der Waals surface area contributed by atoms with E-state index in [-0.39, 0.29) is 0 Å². The smallest absolute Gasteiger partial charge is 0.0949 e. The summed E-state index contributed by atoms with van der Waals surface area (Å²) in [6.07, 6.45) is 7.00. The van der Waals surface area contributed by atoms with Crippen LogP contribution >= 0.6 is 22.9 Å². The van der Waals surface area contributed by atoms with Crippen molar-refractivity contribution in [3.63, 3.8) is 0 Å². The molecule has 2 heterocycles. The largest absolute Gasteiger partial charge is 0.369 e. The number of halogens is 1. The van der Waals surface area contributed by atoms with Gasteiger partial charge in [-0.1, -0.05) is 0 Å². The molecule has 0 radical (unpaired) electrons. The van der Waals surface area contributed by atoms with E-state index in [0.717, 1.165) is 18.8 Å². The van der Waals surface area contributed by atoms with Crippen LogP contribution in [0.5, 0.6) is 0 Å². The Balaban J connectivity index is 1.71. The van der Waals surface area contributed by atoms with E-state index in [4.69, 9.17) is 0 Å². The monoisotopic (exact) mass is 354 g/mol. The highest BCUT2D eigenvalue weighted by Gasteiger charge is 2.23. The van der Waals surface area contributed by atoms with Crippen molar-refractivity contribution in [1.29, 1.82) is 0 Å². The number of nitrogens with zero attached hydrogens (tertiary/aromatic N) is 3. The summed E-state index contributed by atoms with van der Waals surface area (Å²) >= 11 is 2.15. The predicted molar refractivity (Wildman–Crippen MR) is 82.2 cm³/mol. The standard InChI is InChI=1S/C13H15IN4/c14-16-11-1-3-12(4-2-11)17-7-5-13(9-17)18-8-6-15-10-18/h1-4,6,8,10,13,16H,5,7,9H2. The van der Waals surface area contributed by atoms with Crippen molar-refractivity contribution in [3.05, 3.63) is 43.0 Å². The molecule has 5 heteroatoms. The molecule has 1 fully saturated rings. The van der Waals surface area contributed by atoms with Gasteiger partial charge in [0.15, 0.2) is 0 Å². The molecule has 1 aliphatic heterocycles. The molecule has 1 atom stereocenters. The van der Waals surface area contributed by atoms with Gasteiger partial charge < -0.3 is 13.0 Å². The number of nitrogens with one attached hydrogen (secondary N) is 1. The van der Waals surface area contributed by atoms with Gasteiger partial charge in [0.2, 0.25) is 0 Å². The van der Waals surface area contributed by atoms with Crippen molar-refractivity contribution in [1.82, 2.24) is 9.55 Å². The molecule has 18 heavy (non-hydrogen) atoms. The molecule has 0 aliphatic carbocycles. The van der Waals surface area contributed by atoms with Gasteiger partial charge in [0.1, 0.15) is 0 Å². The van der Waals surface area contributed by atoms with E-state index in [1.165, 1.54) is 12.1 Å². The first-order valence-corrected chi connectivity index (χ1v) is 7.14. The maximum atomic E-state index is 4.12. The Bertz CT molecular complexity index is 494. The molecule has 0 saturated carbocycles. The third-order valence-electron chi connectivity index (χ3n) is 3.45. The van der Waals surface area contributed by atoms with Gasteiger partial charge in [-0.2, -0.15) is 0 Å². The van der Waals surface area contributed by atoms with Crippen molar-refractivity contribution in [3.8, 4) is 0 Å². The zero-order valence-corrected chi connectivity index (χ0v) is 12.1. The van der Waals surface area contributed by atoms with E-state index in [1.807, 2.05) is 12.5 Å². The first-order chi connectivity index (χ1) is 8.86. The third-order valence-corrected chi connectivity index (χ3v) is 4.07. The van der Waals surface area contributed by atoms with Crippen LogP contribution in [0.3, 0.4) is 0 Å². The first kappa shape index (κ1) is 11.8. The minimum atomic E-state index is 0.551. The number of aromatic nitrogens is 2. The molecule has 1 aliphatic rings. The van der Waals surface area contributed by atoms with E-state index in [2.05, 4.69) is 71.3 Å². The molecule has 4 nitrogen and oxygen atoms in total. The Hall–Kier alpha value is -1.24. The molecular weight excluding hydrogens is 339 g/mol. The van der Waals surface area contributed by atoms with Crippen LogP contribution in [0.15, 0.2) is 43.0 Å². The molecule has 3 rings (SSSR count). The summed E-state index contributed by atoms with van der Waals surface area (Å²) in [6.45, 7) is 2.17. The van der Waals surface area contributed by atoms with Crippen molar-refractivity contribution in [2.24, 2.45) is 0 Å². The fraction of sp³-hybridized carbons (Fsp3) is 0.308. The van der Waals surface area contributed by atoms with Gasteiger partial charge in [-0.25, -0.2) is 4.98 Å². The normalized spacial score (nSPS) is 19.2. The van der Waals surface area contributed by atoms with Crippen molar-refractivity contribution in [2.75, 3.05) is 21.5 Å². The number of anilines is 2. The maximum Gasteiger partial charge on any atom is 0.0949 e. The second-order valence-corrected chi connectivity index (χ2v) is 5.08. The average Bonchev–Trinajstić information content (AvgIpc) is 3.09. The van der Waals surface area contributed by atoms with Crippen LogP contribution in [0.1, 0.15) is 12.5 Å². The van der Waals surface area contributed by atoms with Crippen LogP contribution in [0.2, 0.25) is 0 Å². The molecule has 1 aromatic heterocycles. The predicted octanol–water partition coefficient (Wildman–Crippen LogP) is 3.10. The van der Waals surface area contributed by atoms with Crippen molar-refractivity contribution < 1.29 is 0 Å². The highest BCUT2D eigenvalue weighted by Crippen LogP contribution is 2.27. The van der Waals surface area contributed by atoms with Gasteiger partial charge in [0.25, 0.3) is 0 Å². The molecule has 1 saturated heterocycles. The van der Waals surface area contributed by atoms with Gasteiger partial charge in [-0.3, -0.25) is 0 Å². The molecule has 0 spiro atoms. The summed E-state index contributed by atoms with van der Waals surface area (Å²) in [4.78, 5) is 6.55. The van der Waals surface area contributed by atoms with Crippen molar-refractivity contribution in [2.45, 2.75) is 12.5 Å². The van der Waals surface area contributed by atoms with E-state index in [0.29, 0.717) is 6.04 Å². The van der Waals surface area contributed by atoms with Crippen LogP contribution in [0.4, 0.5) is 11.4 Å². The Labute approximate surface area is 121 Å². The number of hydrogen-bond donors (Lipinski definition) is 1. The lowest BCUT2D eigenvalue weighted by Gasteiger charge is -2.19. The molecule has 2 aromatic rings. The third kappa shape index (κ3) is 2.31. The van der Waals surface area contributed by atoms with Crippen LogP contribution in [0, 0.1) is 0 Å². The van der Waals surface area contributed by atoms with Gasteiger partial charge in [-0.15, -0.1) is 0 Å². The summed E-state index contributed by atoms with van der Waals surface area (Å²) in [5.74, 6) is 0. The van der Waals surface area contributed by atoms with E-state index in [1.54, 1.807) is 0 Å². The average molecular weight is 354 g/mol. The zero-order chi connectivity index (χ0) is 12.4. The molecule has 0 amide bonds. The summed E-state index contributed by atoms with van der Waals surface area (Å²) in [6, 6.07) is 9.14. The lowest BCUT2D eigenvalue weighted by atomic mass is 10.2. The molecule has 1 aromatic carbocycles. The number of rotatable bonds is 3. The van der Waals surface area contributed by atoms with Gasteiger partial charge in [-0.05, 0) is 30.7 Å². The first-order valence-electron chi connectivity index (χ1n) is 6.06. The fourth-order valence-corrected chi connectivity index (χ4v) is 2.80. The lowest BCUT2D eigenvalue weighted by molar-refractivity contribution is 0.551. The molecule has 94 valence electrons. The van der Waals surface area contributed by atoms with Crippen LogP contribution < -0.4 is 8.43 Å². The van der Waals surface area contributed by atoms with E-state index < -0.39 is 0 Å². The zero-order valence-electron chi connectivity index (χ0n) is 9.96. The summed E-state index contributed by atoms with van der Waals surface area (Å²) in [5.41, 5.74) is 2.44. The summed E-state index contributed by atoms with van der Waals surface area (Å²) < 4.78 is 5.32. The Morgan fingerprint density at radius 3 is 2.78 bits per heavy atom. The number of hydrogen-bond acceptors (Lipinski definition) is 3. The molecule has 1 N–H and O–H groups in total. The molecular formula is C13H15IN4. The van der Waals surface area contributed by atoms with Crippen LogP contribution in [-0.2, 0) is 0 Å². The van der Waals surface area contributed by atoms with Gasteiger partial charge in [0.05, 0.1) is 35.2 Å². The fourth-order valence-electron chi connectivity index (χ4n) is 2.44. The van der Waals surface area contributed by atoms with E-state index >= 15 is 0 Å². The molecule has 1 unspecified atom stereocenters. The topological polar surface area (TPSA) is 33.1 Å². The van der Waals surface area contributed by atoms with Crippen molar-refractivity contribution >= 4 is 34.2 Å². The van der Waals surface area contributed by atoms with E-state index in [9.17, 15) is 0 Å². The van der Waals surface area contributed by atoms with Gasteiger partial charge >= 0.3 is 0 Å². The Kier molecular flexibility index (Phi) is 3.40. The highest BCUT2D eigenvalue weighted by molar-refractivity contribution is 14.1.